The van der Waals surface area contributed by atoms with Gasteiger partial charge in [-0.1, -0.05) is 182 Å². The van der Waals surface area contributed by atoms with Gasteiger partial charge < -0.3 is 47.4 Å². The second-order valence-electron chi connectivity index (χ2n) is 18.0. The highest BCUT2D eigenvalue weighted by Crippen LogP contribution is 2.42. The second-order valence-corrected chi connectivity index (χ2v) is 18.0. The Kier molecular flexibility index (Phi) is 35.3. The zero-order chi connectivity index (χ0) is 46.8. The summed E-state index contributed by atoms with van der Waals surface area (Å²) in [6.45, 7) is 14.4. The van der Waals surface area contributed by atoms with Gasteiger partial charge in [0.15, 0.2) is 46.0 Å². The molecule has 0 N–H and O–H groups in total. The number of unbranched alkanes of at least 4 members (excludes halogenated alkanes) is 24. The Balaban J connectivity index is 1.66. The Bertz CT molecular complexity index is 1210. The van der Waals surface area contributed by atoms with Gasteiger partial charge in [0.05, 0.1) is 52.9 Å². The second kappa shape index (κ2) is 40.8. The van der Waals surface area contributed by atoms with Crippen LogP contribution in [0, 0.1) is 0 Å². The van der Waals surface area contributed by atoms with Crippen molar-refractivity contribution in [2.45, 2.75) is 207 Å². The summed E-state index contributed by atoms with van der Waals surface area (Å²) in [4.78, 5) is 0. The van der Waals surface area contributed by atoms with E-state index in [4.69, 9.17) is 47.4 Å². The van der Waals surface area contributed by atoms with Crippen molar-refractivity contribution in [2.75, 3.05) is 79.3 Å². The fourth-order valence-corrected chi connectivity index (χ4v) is 7.96. The summed E-state index contributed by atoms with van der Waals surface area (Å²) in [6.07, 6.45) is 34.3. The van der Waals surface area contributed by atoms with Crippen LogP contribution in [0.5, 0.6) is 46.0 Å². The number of hydrogen-bond donors (Lipinski definition) is 0. The zero-order valence-electron chi connectivity index (χ0n) is 42.7. The van der Waals surface area contributed by atoms with Crippen LogP contribution in [0.1, 0.15) is 207 Å². The van der Waals surface area contributed by atoms with E-state index in [-0.39, 0.29) is 0 Å². The van der Waals surface area contributed by atoms with Gasteiger partial charge in [-0.2, -0.15) is 0 Å². The summed E-state index contributed by atoms with van der Waals surface area (Å²) in [5.41, 5.74) is 0. The monoisotopic (exact) mass is 929 g/mol. The van der Waals surface area contributed by atoms with Gasteiger partial charge in [0.1, 0.15) is 26.4 Å². The van der Waals surface area contributed by atoms with Crippen molar-refractivity contribution in [1.82, 2.24) is 0 Å². The van der Waals surface area contributed by atoms with Crippen molar-refractivity contribution >= 4 is 0 Å². The lowest BCUT2D eigenvalue weighted by molar-refractivity contribution is 0.0636. The van der Waals surface area contributed by atoms with Crippen LogP contribution in [0.2, 0.25) is 0 Å². The molecule has 0 saturated heterocycles. The quantitative estimate of drug-likeness (QED) is 0.0615. The van der Waals surface area contributed by atoms with Gasteiger partial charge in [-0.3, -0.25) is 0 Å². The number of ether oxygens (including phenoxy) is 10. The van der Waals surface area contributed by atoms with E-state index in [0.717, 1.165) is 51.4 Å². The molecule has 0 radical (unpaired) electrons. The molecule has 0 bridgehead atoms. The fraction of sp³-hybridized carbons (Fsp3) is 0.786. The molecular formula is C56H96O10. The number of rotatable bonds is 36. The lowest BCUT2D eigenvalue weighted by Gasteiger charge is -2.20. The Labute approximate surface area is 403 Å². The van der Waals surface area contributed by atoms with Crippen molar-refractivity contribution in [3.8, 4) is 46.0 Å². The third-order valence-corrected chi connectivity index (χ3v) is 12.0. The molecule has 0 aromatic heterocycles. The highest BCUT2D eigenvalue weighted by Gasteiger charge is 2.18. The standard InChI is InChI=1S/C56H96O10/c1-5-9-13-17-21-25-29-33-59-49-45-53-54(46-50(49)60-34-30-26-22-18-14-10-6-2)64-42-38-58-40-44-66-56-48-52(62-36-32-28-24-20-16-12-8-4)51(61-35-31-27-23-19-15-11-7-3)47-55(56)65-43-39-57-37-41-63-53/h45-48H,5-44H2,1-4H3. The summed E-state index contributed by atoms with van der Waals surface area (Å²) in [5.74, 6) is 5.14. The minimum absolute atomic E-state index is 0.331. The molecule has 10 nitrogen and oxygen atoms in total. The molecule has 0 amide bonds. The summed E-state index contributed by atoms with van der Waals surface area (Å²) in [5, 5.41) is 0. The maximum absolute atomic E-state index is 6.39. The van der Waals surface area contributed by atoms with Gasteiger partial charge in [-0.25, -0.2) is 0 Å². The summed E-state index contributed by atoms with van der Waals surface area (Å²) in [6, 6.07) is 7.68. The summed E-state index contributed by atoms with van der Waals surface area (Å²) >= 11 is 0. The Hall–Kier alpha value is -3.24. The van der Waals surface area contributed by atoms with Crippen LogP contribution in [0.4, 0.5) is 0 Å². The number of benzene rings is 2. The van der Waals surface area contributed by atoms with Crippen molar-refractivity contribution in [1.29, 1.82) is 0 Å². The topological polar surface area (TPSA) is 92.3 Å². The molecule has 0 fully saturated rings. The van der Waals surface area contributed by atoms with Crippen LogP contribution >= 0.6 is 0 Å². The molecule has 0 aliphatic carbocycles. The molecule has 66 heavy (non-hydrogen) atoms. The van der Waals surface area contributed by atoms with E-state index in [1.165, 1.54) is 128 Å². The Morgan fingerprint density at radius 2 is 0.470 bits per heavy atom. The first kappa shape index (κ1) is 57.1. The third-order valence-electron chi connectivity index (χ3n) is 12.0. The van der Waals surface area contributed by atoms with E-state index in [0.29, 0.717) is 125 Å². The highest BCUT2D eigenvalue weighted by molar-refractivity contribution is 5.55. The van der Waals surface area contributed by atoms with Gasteiger partial charge in [0.25, 0.3) is 0 Å². The minimum atomic E-state index is 0.331. The molecule has 0 spiro atoms. The lowest BCUT2D eigenvalue weighted by Crippen LogP contribution is -2.16. The van der Waals surface area contributed by atoms with Crippen LogP contribution in [-0.2, 0) is 9.47 Å². The minimum Gasteiger partial charge on any atom is -0.490 e. The molecule has 0 unspecified atom stereocenters. The predicted octanol–water partition coefficient (Wildman–Crippen LogP) is 15.5. The average molecular weight is 929 g/mol. The average Bonchev–Trinajstić information content (AvgIpc) is 3.32. The van der Waals surface area contributed by atoms with E-state index >= 15 is 0 Å². The van der Waals surface area contributed by atoms with Crippen LogP contribution in [0.25, 0.3) is 0 Å². The molecule has 0 saturated carbocycles. The first-order valence-electron chi connectivity index (χ1n) is 27.2. The molecule has 380 valence electrons. The smallest absolute Gasteiger partial charge is 0.165 e. The molecule has 1 heterocycles. The molecule has 0 atom stereocenters. The SMILES string of the molecule is CCCCCCCCCOc1cc2c(cc1OCCCCCCCCC)OCCOCCOc1cc(OCCCCCCCCC)c(OCCCCCCCCC)cc1OCCOCCO2. The largest absolute Gasteiger partial charge is 0.490 e. The van der Waals surface area contributed by atoms with Crippen molar-refractivity contribution in [3.63, 3.8) is 0 Å². The van der Waals surface area contributed by atoms with Gasteiger partial charge >= 0.3 is 0 Å². The van der Waals surface area contributed by atoms with E-state index in [1.54, 1.807) is 0 Å². The van der Waals surface area contributed by atoms with E-state index in [2.05, 4.69) is 27.7 Å². The molecule has 1 aliphatic rings. The van der Waals surface area contributed by atoms with Crippen LogP contribution in [0.15, 0.2) is 24.3 Å². The van der Waals surface area contributed by atoms with E-state index in [1.807, 2.05) is 24.3 Å². The molecule has 2 aromatic carbocycles. The first-order valence-corrected chi connectivity index (χ1v) is 27.2. The maximum Gasteiger partial charge on any atom is 0.165 e. The highest BCUT2D eigenvalue weighted by atomic mass is 16.6. The third kappa shape index (κ3) is 27.5. The van der Waals surface area contributed by atoms with Gasteiger partial charge in [-0.05, 0) is 25.7 Å². The molecule has 3 rings (SSSR count). The van der Waals surface area contributed by atoms with E-state index in [9.17, 15) is 0 Å². The molecule has 2 aromatic rings. The van der Waals surface area contributed by atoms with Crippen LogP contribution < -0.4 is 37.9 Å². The predicted molar refractivity (Wildman–Crippen MR) is 270 cm³/mol. The van der Waals surface area contributed by atoms with Gasteiger partial charge in [0, 0.05) is 24.3 Å². The van der Waals surface area contributed by atoms with Crippen molar-refractivity contribution < 1.29 is 47.4 Å². The van der Waals surface area contributed by atoms with Crippen molar-refractivity contribution in [2.24, 2.45) is 0 Å². The normalized spacial score (nSPS) is 13.8. The lowest BCUT2D eigenvalue weighted by atomic mass is 10.1. The van der Waals surface area contributed by atoms with Crippen molar-refractivity contribution in [3.05, 3.63) is 24.3 Å². The molecular weight excluding hydrogens is 833 g/mol. The summed E-state index contributed by atoms with van der Waals surface area (Å²) in [7, 11) is 0. The number of fused-ring (bicyclic) bond motifs is 2. The maximum atomic E-state index is 6.39. The summed E-state index contributed by atoms with van der Waals surface area (Å²) < 4.78 is 62.9. The number of hydrogen-bond acceptors (Lipinski definition) is 10. The van der Waals surface area contributed by atoms with E-state index < -0.39 is 0 Å². The van der Waals surface area contributed by atoms with Gasteiger partial charge in [0.2, 0.25) is 0 Å². The Morgan fingerprint density at radius 3 is 0.682 bits per heavy atom. The van der Waals surface area contributed by atoms with Crippen LogP contribution in [-0.4, -0.2) is 79.3 Å². The molecule has 10 heteroatoms. The zero-order valence-corrected chi connectivity index (χ0v) is 42.7. The first-order chi connectivity index (χ1) is 32.7. The fourth-order valence-electron chi connectivity index (χ4n) is 7.96. The Morgan fingerprint density at radius 1 is 0.273 bits per heavy atom. The van der Waals surface area contributed by atoms with Gasteiger partial charge in [-0.15, -0.1) is 0 Å². The molecule has 1 aliphatic heterocycles. The van der Waals surface area contributed by atoms with Crippen LogP contribution in [0.3, 0.4) is 0 Å².